The van der Waals surface area contributed by atoms with Crippen LogP contribution >= 0.6 is 0 Å². The Morgan fingerprint density at radius 2 is 0.907 bits per heavy atom. The molecule has 0 saturated heterocycles. The van der Waals surface area contributed by atoms with E-state index >= 15 is 0 Å². The first kappa shape index (κ1) is 35.3. The first-order chi connectivity index (χ1) is 21.0. The van der Waals surface area contributed by atoms with Gasteiger partial charge in [-0.15, -0.1) is 0 Å². The fraction of sp³-hybridized carbons (Fsp3) is 0.905. The normalized spacial score (nSPS) is 30.5. The van der Waals surface area contributed by atoms with Gasteiger partial charge in [-0.25, -0.2) is 0 Å². The lowest BCUT2D eigenvalue weighted by atomic mass is 9.74. The van der Waals surface area contributed by atoms with Gasteiger partial charge in [-0.05, 0) is 163 Å². The number of hydrogen-bond donors (Lipinski definition) is 0. The smallest absolute Gasteiger partial charge is 0.0466 e. The van der Waals surface area contributed by atoms with Crippen LogP contribution in [0.25, 0.3) is 0 Å². The molecule has 2 saturated carbocycles. The SMILES string of the molecule is CC(C)C1CCC(CCC2CC=C(CCCCOCCCCC3=CCC(CCC4CCC(C(C)C)CC4)CC3)CC2)CC1. The summed E-state index contributed by atoms with van der Waals surface area (Å²) in [5.41, 5.74) is 3.51. The average molecular weight is 595 g/mol. The molecule has 2 fully saturated rings. The number of ether oxygens (including phenoxy) is 1. The van der Waals surface area contributed by atoms with Crippen LogP contribution in [0.3, 0.4) is 0 Å². The van der Waals surface area contributed by atoms with Crippen molar-refractivity contribution in [1.82, 2.24) is 0 Å². The second-order valence-corrected chi connectivity index (χ2v) is 16.7. The van der Waals surface area contributed by atoms with Crippen LogP contribution in [-0.4, -0.2) is 13.2 Å². The molecule has 2 unspecified atom stereocenters. The molecule has 0 aliphatic heterocycles. The lowest BCUT2D eigenvalue weighted by molar-refractivity contribution is 0.126. The molecule has 0 radical (unpaired) electrons. The summed E-state index contributed by atoms with van der Waals surface area (Å²) in [6.45, 7) is 11.6. The molecule has 43 heavy (non-hydrogen) atoms. The Kier molecular flexibility index (Phi) is 16.3. The Balaban J connectivity index is 0.923. The fourth-order valence-corrected chi connectivity index (χ4v) is 9.31. The molecular weight excluding hydrogens is 520 g/mol. The molecule has 4 aliphatic rings. The fourth-order valence-electron chi connectivity index (χ4n) is 9.31. The quantitative estimate of drug-likeness (QED) is 0.113. The van der Waals surface area contributed by atoms with E-state index in [0.29, 0.717) is 0 Å². The first-order valence-electron chi connectivity index (χ1n) is 19.9. The number of unbranched alkanes of at least 4 members (excludes halogenated alkanes) is 2. The molecule has 0 spiro atoms. The monoisotopic (exact) mass is 595 g/mol. The molecule has 4 rings (SSSR count). The predicted molar refractivity (Wildman–Crippen MR) is 188 cm³/mol. The van der Waals surface area contributed by atoms with Crippen molar-refractivity contribution < 1.29 is 4.74 Å². The van der Waals surface area contributed by atoms with Gasteiger partial charge in [-0.1, -0.05) is 89.5 Å². The Morgan fingerprint density at radius 1 is 0.512 bits per heavy atom. The van der Waals surface area contributed by atoms with Gasteiger partial charge in [-0.3, -0.25) is 0 Å². The summed E-state index contributed by atoms with van der Waals surface area (Å²) >= 11 is 0. The van der Waals surface area contributed by atoms with Gasteiger partial charge in [0, 0.05) is 13.2 Å². The standard InChI is InChI=1S/C42H74O/c1-33(2)41-27-23-39(24-28-41)21-19-37-15-11-35(12-16-37)9-5-7-31-43-32-8-6-10-36-13-17-38(18-14-36)20-22-40-25-29-42(30-26-40)34(3)4/h11,13,33-34,37-42H,5-10,12,14-32H2,1-4H3. The largest absolute Gasteiger partial charge is 0.381 e. The van der Waals surface area contributed by atoms with E-state index in [0.717, 1.165) is 60.6 Å². The van der Waals surface area contributed by atoms with Crippen molar-refractivity contribution in [3.8, 4) is 0 Å². The maximum atomic E-state index is 6.03. The molecule has 0 heterocycles. The van der Waals surface area contributed by atoms with E-state index in [1.54, 1.807) is 11.1 Å². The molecular formula is C42H74O. The topological polar surface area (TPSA) is 9.23 Å². The van der Waals surface area contributed by atoms with Crippen molar-refractivity contribution in [1.29, 1.82) is 0 Å². The third kappa shape index (κ3) is 13.4. The van der Waals surface area contributed by atoms with Crippen LogP contribution in [0, 0.1) is 47.3 Å². The van der Waals surface area contributed by atoms with E-state index in [9.17, 15) is 0 Å². The van der Waals surface area contributed by atoms with Gasteiger partial charge >= 0.3 is 0 Å². The van der Waals surface area contributed by atoms with Crippen molar-refractivity contribution in [3.63, 3.8) is 0 Å². The number of allylic oxidation sites excluding steroid dienone is 4. The summed E-state index contributed by atoms with van der Waals surface area (Å²) in [6, 6.07) is 0. The second-order valence-electron chi connectivity index (χ2n) is 16.7. The van der Waals surface area contributed by atoms with Gasteiger partial charge in [0.15, 0.2) is 0 Å². The molecule has 1 nitrogen and oxygen atoms in total. The molecule has 4 aliphatic carbocycles. The zero-order valence-electron chi connectivity index (χ0n) is 29.6. The van der Waals surface area contributed by atoms with Crippen molar-refractivity contribution in [2.75, 3.05) is 13.2 Å². The van der Waals surface area contributed by atoms with Crippen LogP contribution in [0.15, 0.2) is 23.3 Å². The zero-order chi connectivity index (χ0) is 30.3. The van der Waals surface area contributed by atoms with Crippen LogP contribution in [0.5, 0.6) is 0 Å². The third-order valence-corrected chi connectivity index (χ3v) is 12.9. The minimum absolute atomic E-state index is 0.899. The molecule has 2 atom stereocenters. The predicted octanol–water partition coefficient (Wildman–Crippen LogP) is 13.3. The van der Waals surface area contributed by atoms with Gasteiger partial charge in [0.1, 0.15) is 0 Å². The molecule has 0 amide bonds. The minimum Gasteiger partial charge on any atom is -0.381 e. The summed E-state index contributed by atoms with van der Waals surface area (Å²) in [4.78, 5) is 0. The molecule has 0 N–H and O–H groups in total. The van der Waals surface area contributed by atoms with Crippen molar-refractivity contribution in [2.24, 2.45) is 47.3 Å². The van der Waals surface area contributed by atoms with E-state index in [1.165, 1.54) is 154 Å². The highest BCUT2D eigenvalue weighted by molar-refractivity contribution is 5.07. The van der Waals surface area contributed by atoms with Crippen LogP contribution in [0.2, 0.25) is 0 Å². The van der Waals surface area contributed by atoms with E-state index in [2.05, 4.69) is 39.8 Å². The van der Waals surface area contributed by atoms with Crippen molar-refractivity contribution in [3.05, 3.63) is 23.3 Å². The highest BCUT2D eigenvalue weighted by atomic mass is 16.5. The van der Waals surface area contributed by atoms with E-state index in [-0.39, 0.29) is 0 Å². The number of hydrogen-bond acceptors (Lipinski definition) is 1. The summed E-state index contributed by atoms with van der Waals surface area (Å²) in [5, 5.41) is 0. The Morgan fingerprint density at radius 3 is 1.26 bits per heavy atom. The molecule has 0 aromatic carbocycles. The van der Waals surface area contributed by atoms with Gasteiger partial charge in [-0.2, -0.15) is 0 Å². The van der Waals surface area contributed by atoms with Crippen molar-refractivity contribution >= 4 is 0 Å². The van der Waals surface area contributed by atoms with Crippen molar-refractivity contribution in [2.45, 2.75) is 182 Å². The third-order valence-electron chi connectivity index (χ3n) is 12.9. The summed E-state index contributed by atoms with van der Waals surface area (Å²) in [7, 11) is 0. The Labute approximate surface area is 269 Å². The van der Waals surface area contributed by atoms with Gasteiger partial charge < -0.3 is 4.74 Å². The van der Waals surface area contributed by atoms with Gasteiger partial charge in [0.25, 0.3) is 0 Å². The molecule has 248 valence electrons. The zero-order valence-corrected chi connectivity index (χ0v) is 29.6. The Hall–Kier alpha value is -0.560. The van der Waals surface area contributed by atoms with Crippen LogP contribution < -0.4 is 0 Å². The summed E-state index contributed by atoms with van der Waals surface area (Å²) in [5.74, 6) is 7.85. The second kappa shape index (κ2) is 19.8. The summed E-state index contributed by atoms with van der Waals surface area (Å²) < 4.78 is 6.03. The maximum absolute atomic E-state index is 6.03. The van der Waals surface area contributed by atoms with E-state index < -0.39 is 0 Å². The highest BCUT2D eigenvalue weighted by Gasteiger charge is 2.25. The van der Waals surface area contributed by atoms with Crippen LogP contribution in [-0.2, 0) is 4.74 Å². The lowest BCUT2D eigenvalue weighted by Crippen LogP contribution is -2.19. The van der Waals surface area contributed by atoms with Gasteiger partial charge in [0.2, 0.25) is 0 Å². The number of rotatable bonds is 18. The molecule has 0 bridgehead atoms. The highest BCUT2D eigenvalue weighted by Crippen LogP contribution is 2.39. The maximum Gasteiger partial charge on any atom is 0.0466 e. The van der Waals surface area contributed by atoms with Crippen LogP contribution in [0.1, 0.15) is 182 Å². The Bertz CT molecular complexity index is 722. The average Bonchev–Trinajstić information content (AvgIpc) is 3.03. The van der Waals surface area contributed by atoms with Gasteiger partial charge in [0.05, 0.1) is 0 Å². The lowest BCUT2D eigenvalue weighted by Gasteiger charge is -2.32. The summed E-state index contributed by atoms with van der Waals surface area (Å²) in [6.07, 6.45) is 39.5. The minimum atomic E-state index is 0.899. The first-order valence-corrected chi connectivity index (χ1v) is 19.9. The molecule has 0 aromatic rings. The molecule has 1 heteroatoms. The van der Waals surface area contributed by atoms with E-state index in [4.69, 9.17) is 4.74 Å². The molecule has 0 aromatic heterocycles. The van der Waals surface area contributed by atoms with Crippen LogP contribution in [0.4, 0.5) is 0 Å². The van der Waals surface area contributed by atoms with E-state index in [1.807, 2.05) is 0 Å².